The molecule has 0 saturated carbocycles. The number of piperazine rings is 1. The van der Waals surface area contributed by atoms with E-state index in [1.165, 1.54) is 15.8 Å². The van der Waals surface area contributed by atoms with Gasteiger partial charge in [-0.1, -0.05) is 35.0 Å². The molecule has 0 unspecified atom stereocenters. The molecule has 1 amide bonds. The quantitative estimate of drug-likeness (QED) is 0.652. The molecule has 0 bridgehead atoms. The average Bonchev–Trinajstić information content (AvgIpc) is 3.40. The van der Waals surface area contributed by atoms with Crippen LogP contribution in [0.4, 0.5) is 0 Å². The third-order valence-electron chi connectivity index (χ3n) is 5.19. The van der Waals surface area contributed by atoms with Gasteiger partial charge in [-0.25, -0.2) is 9.48 Å². The molecule has 3 aromatic rings. The molecule has 2 aromatic heterocycles. The van der Waals surface area contributed by atoms with E-state index in [1.807, 2.05) is 4.90 Å². The van der Waals surface area contributed by atoms with Crippen LogP contribution in [-0.2, 0) is 17.9 Å². The number of aryl methyl sites for hydroxylation is 1. The highest BCUT2D eigenvalue weighted by atomic mass is 32.1. The van der Waals surface area contributed by atoms with Gasteiger partial charge < -0.3 is 10.0 Å². The number of carboxylic acids is 1. The van der Waals surface area contributed by atoms with Crippen LogP contribution in [-0.4, -0.2) is 68.0 Å². The minimum atomic E-state index is -0.963. The van der Waals surface area contributed by atoms with Crippen molar-refractivity contribution >= 4 is 23.2 Å². The van der Waals surface area contributed by atoms with Crippen molar-refractivity contribution in [1.29, 1.82) is 0 Å². The maximum Gasteiger partial charge on any atom is 0.345 e. The van der Waals surface area contributed by atoms with Crippen molar-refractivity contribution in [2.24, 2.45) is 0 Å². The Balaban J connectivity index is 1.29. The highest BCUT2D eigenvalue weighted by molar-refractivity contribution is 7.12. The summed E-state index contributed by atoms with van der Waals surface area (Å²) in [6.07, 6.45) is 1.68. The number of hydrogen-bond acceptors (Lipinski definition) is 6. The molecule has 0 atom stereocenters. The van der Waals surface area contributed by atoms with Gasteiger partial charge in [0.2, 0.25) is 5.91 Å². The molecule has 1 aliphatic heterocycles. The standard InChI is InChI=1S/C21H23N5O3S/c1-15-2-4-16(5-3-15)11-24-6-8-25(9-7-24)20(27)13-26-12-18(22-23-26)17-10-19(21(28)29)30-14-17/h2-5,10,12,14H,6-9,11,13H2,1H3,(H,28,29). The first kappa shape index (κ1) is 20.2. The molecular weight excluding hydrogens is 402 g/mol. The highest BCUT2D eigenvalue weighted by Crippen LogP contribution is 2.23. The Morgan fingerprint density at radius 3 is 2.53 bits per heavy atom. The van der Waals surface area contributed by atoms with E-state index < -0.39 is 5.97 Å². The summed E-state index contributed by atoms with van der Waals surface area (Å²) in [6, 6.07) is 10.1. The number of carboxylic acid groups (broad SMARTS) is 1. The summed E-state index contributed by atoms with van der Waals surface area (Å²) in [5.74, 6) is -0.951. The van der Waals surface area contributed by atoms with E-state index in [4.69, 9.17) is 5.11 Å². The highest BCUT2D eigenvalue weighted by Gasteiger charge is 2.22. The molecule has 0 aliphatic carbocycles. The van der Waals surface area contributed by atoms with Gasteiger partial charge in [0.15, 0.2) is 0 Å². The van der Waals surface area contributed by atoms with Crippen LogP contribution in [0.3, 0.4) is 0 Å². The minimum absolute atomic E-state index is 0.0120. The van der Waals surface area contributed by atoms with E-state index in [0.29, 0.717) is 24.3 Å². The van der Waals surface area contributed by atoms with Crippen molar-refractivity contribution < 1.29 is 14.7 Å². The van der Waals surface area contributed by atoms with Crippen molar-refractivity contribution in [2.75, 3.05) is 26.2 Å². The number of nitrogens with zero attached hydrogens (tertiary/aromatic N) is 5. The number of carbonyl (C=O) groups excluding carboxylic acids is 1. The molecule has 0 radical (unpaired) electrons. The molecule has 156 valence electrons. The van der Waals surface area contributed by atoms with E-state index in [2.05, 4.69) is 46.4 Å². The zero-order valence-corrected chi connectivity index (χ0v) is 17.5. The summed E-state index contributed by atoms with van der Waals surface area (Å²) in [5, 5.41) is 18.9. The Morgan fingerprint density at radius 1 is 1.13 bits per heavy atom. The fourth-order valence-corrected chi connectivity index (χ4v) is 4.17. The maximum atomic E-state index is 12.7. The Kier molecular flexibility index (Phi) is 5.91. The predicted octanol–water partition coefficient (Wildman–Crippen LogP) is 2.36. The van der Waals surface area contributed by atoms with E-state index in [1.54, 1.807) is 17.6 Å². The lowest BCUT2D eigenvalue weighted by Gasteiger charge is -2.34. The first-order valence-corrected chi connectivity index (χ1v) is 10.6. The first-order chi connectivity index (χ1) is 14.5. The van der Waals surface area contributed by atoms with Gasteiger partial charge in [0, 0.05) is 43.7 Å². The smallest absolute Gasteiger partial charge is 0.345 e. The molecule has 8 nitrogen and oxygen atoms in total. The number of carbonyl (C=O) groups is 2. The Hall–Kier alpha value is -3.04. The monoisotopic (exact) mass is 425 g/mol. The Bertz CT molecular complexity index is 1040. The first-order valence-electron chi connectivity index (χ1n) is 9.76. The fourth-order valence-electron chi connectivity index (χ4n) is 3.44. The van der Waals surface area contributed by atoms with Crippen LogP contribution in [0.2, 0.25) is 0 Å². The van der Waals surface area contributed by atoms with Crippen LogP contribution >= 0.6 is 11.3 Å². The summed E-state index contributed by atoms with van der Waals surface area (Å²) >= 11 is 1.14. The maximum absolute atomic E-state index is 12.7. The third-order valence-corrected chi connectivity index (χ3v) is 6.11. The number of thiophene rings is 1. The minimum Gasteiger partial charge on any atom is -0.477 e. The number of amides is 1. The molecule has 1 aliphatic rings. The molecule has 1 N–H and O–H groups in total. The zero-order valence-electron chi connectivity index (χ0n) is 16.7. The van der Waals surface area contributed by atoms with Crippen LogP contribution in [0.5, 0.6) is 0 Å². The largest absolute Gasteiger partial charge is 0.477 e. The molecule has 1 saturated heterocycles. The van der Waals surface area contributed by atoms with Crippen molar-refractivity contribution in [3.63, 3.8) is 0 Å². The van der Waals surface area contributed by atoms with Gasteiger partial charge in [0.05, 0.1) is 6.20 Å². The molecule has 30 heavy (non-hydrogen) atoms. The summed E-state index contributed by atoms with van der Waals surface area (Å²) in [6.45, 7) is 6.18. The number of rotatable bonds is 6. The van der Waals surface area contributed by atoms with E-state index >= 15 is 0 Å². The third kappa shape index (κ3) is 4.74. The van der Waals surface area contributed by atoms with Crippen molar-refractivity contribution in [2.45, 2.75) is 20.0 Å². The molecule has 3 heterocycles. The summed E-state index contributed by atoms with van der Waals surface area (Å²) in [7, 11) is 0. The SMILES string of the molecule is Cc1ccc(CN2CCN(C(=O)Cn3cc(-c4csc(C(=O)O)c4)nn3)CC2)cc1. The summed E-state index contributed by atoms with van der Waals surface area (Å²) < 4.78 is 1.51. The predicted molar refractivity (Wildman–Crippen MR) is 113 cm³/mol. The van der Waals surface area contributed by atoms with Gasteiger partial charge in [-0.2, -0.15) is 0 Å². The lowest BCUT2D eigenvalue weighted by Crippen LogP contribution is -2.49. The second-order valence-electron chi connectivity index (χ2n) is 7.45. The van der Waals surface area contributed by atoms with E-state index in [-0.39, 0.29) is 17.3 Å². The molecule has 0 spiro atoms. The van der Waals surface area contributed by atoms with Gasteiger partial charge in [0.25, 0.3) is 0 Å². The topological polar surface area (TPSA) is 91.6 Å². The lowest BCUT2D eigenvalue weighted by molar-refractivity contribution is -0.133. The van der Waals surface area contributed by atoms with Gasteiger partial charge in [-0.15, -0.1) is 16.4 Å². The van der Waals surface area contributed by atoms with Crippen LogP contribution < -0.4 is 0 Å². The van der Waals surface area contributed by atoms with Crippen molar-refractivity contribution in [3.05, 3.63) is 57.9 Å². The molecule has 1 fully saturated rings. The van der Waals surface area contributed by atoms with E-state index in [9.17, 15) is 9.59 Å². The second-order valence-corrected chi connectivity index (χ2v) is 8.36. The second kappa shape index (κ2) is 8.76. The van der Waals surface area contributed by atoms with Crippen molar-refractivity contribution in [1.82, 2.24) is 24.8 Å². The van der Waals surface area contributed by atoms with E-state index in [0.717, 1.165) is 31.0 Å². The van der Waals surface area contributed by atoms with Crippen molar-refractivity contribution in [3.8, 4) is 11.3 Å². The average molecular weight is 426 g/mol. The number of hydrogen-bond donors (Lipinski definition) is 1. The number of aromatic carboxylic acids is 1. The van der Waals surface area contributed by atoms with Gasteiger partial charge >= 0.3 is 5.97 Å². The van der Waals surface area contributed by atoms with Crippen LogP contribution in [0.1, 0.15) is 20.8 Å². The normalized spacial score (nSPS) is 14.8. The summed E-state index contributed by atoms with van der Waals surface area (Å²) in [4.78, 5) is 28.1. The Labute approximate surface area is 178 Å². The lowest BCUT2D eigenvalue weighted by atomic mass is 10.1. The molecular formula is C21H23N5O3S. The van der Waals surface area contributed by atoms with Gasteiger partial charge in [0.1, 0.15) is 17.1 Å². The number of benzene rings is 1. The molecule has 9 heteroatoms. The van der Waals surface area contributed by atoms with Gasteiger partial charge in [-0.3, -0.25) is 9.69 Å². The summed E-state index contributed by atoms with van der Waals surface area (Å²) in [5.41, 5.74) is 3.80. The van der Waals surface area contributed by atoms with Crippen LogP contribution in [0.15, 0.2) is 41.9 Å². The van der Waals surface area contributed by atoms with Crippen LogP contribution in [0.25, 0.3) is 11.3 Å². The molecule has 4 rings (SSSR count). The Morgan fingerprint density at radius 2 is 1.87 bits per heavy atom. The van der Waals surface area contributed by atoms with Gasteiger partial charge in [-0.05, 0) is 18.6 Å². The zero-order chi connectivity index (χ0) is 21.1. The number of aromatic nitrogens is 3. The fraction of sp³-hybridized carbons (Fsp3) is 0.333. The van der Waals surface area contributed by atoms with Crippen LogP contribution in [0, 0.1) is 6.92 Å². The molecule has 1 aromatic carbocycles.